The lowest BCUT2D eigenvalue weighted by Gasteiger charge is -2.17. The molecule has 0 atom stereocenters. The van der Waals surface area contributed by atoms with E-state index in [-0.39, 0.29) is 13.1 Å². The van der Waals surface area contributed by atoms with Crippen LogP contribution in [0, 0.1) is 0 Å². The van der Waals surface area contributed by atoms with Crippen molar-refractivity contribution in [3.8, 4) is 0 Å². The molecule has 0 bridgehead atoms. The molecular formula is C12H23N7O3S. The zero-order chi connectivity index (χ0) is 17.8. The quantitative estimate of drug-likeness (QED) is 0.636. The fourth-order valence-electron chi connectivity index (χ4n) is 1.43. The molecule has 11 heteroatoms. The number of carbonyl (C=O) groups excluding carboxylic acids is 1. The summed E-state index contributed by atoms with van der Waals surface area (Å²) in [4.78, 5) is 28.0. The Balaban J connectivity index is 2.79. The van der Waals surface area contributed by atoms with Crippen molar-refractivity contribution >= 4 is 27.8 Å². The summed E-state index contributed by atoms with van der Waals surface area (Å²) in [6, 6.07) is 0. The molecule has 1 rings (SSSR count). The van der Waals surface area contributed by atoms with Gasteiger partial charge in [-0.3, -0.25) is 4.79 Å². The van der Waals surface area contributed by atoms with E-state index in [2.05, 4.69) is 20.3 Å². The van der Waals surface area contributed by atoms with Crippen LogP contribution in [0.5, 0.6) is 0 Å². The fraction of sp³-hybridized carbons (Fsp3) is 0.667. The van der Waals surface area contributed by atoms with Crippen LogP contribution in [-0.4, -0.2) is 81.6 Å². The van der Waals surface area contributed by atoms with E-state index in [1.165, 1.54) is 7.05 Å². The summed E-state index contributed by atoms with van der Waals surface area (Å²) >= 11 is 0. The minimum Gasteiger partial charge on any atom is -0.348 e. The molecule has 0 aliphatic carbocycles. The first kappa shape index (κ1) is 19.0. The molecule has 1 aromatic rings. The van der Waals surface area contributed by atoms with Crippen LogP contribution >= 0.6 is 0 Å². The zero-order valence-electron chi connectivity index (χ0n) is 14.2. The van der Waals surface area contributed by atoms with Crippen LogP contribution in [0.3, 0.4) is 0 Å². The normalized spacial score (nSPS) is 11.4. The molecule has 0 aliphatic rings. The third-order valence-corrected chi connectivity index (χ3v) is 4.10. The molecule has 10 nitrogen and oxygen atoms in total. The largest absolute Gasteiger partial charge is 0.348 e. The molecule has 130 valence electrons. The first-order valence-corrected chi connectivity index (χ1v) is 8.63. The second-order valence-corrected chi connectivity index (χ2v) is 7.53. The fourth-order valence-corrected chi connectivity index (χ4v) is 1.78. The first-order valence-electron chi connectivity index (χ1n) is 6.78. The van der Waals surface area contributed by atoms with E-state index in [4.69, 9.17) is 0 Å². The molecule has 0 unspecified atom stereocenters. The van der Waals surface area contributed by atoms with E-state index in [1.807, 2.05) is 0 Å². The Labute approximate surface area is 136 Å². The van der Waals surface area contributed by atoms with Gasteiger partial charge in [0.2, 0.25) is 27.8 Å². The number of carbonyl (C=O) groups is 1. The molecule has 0 saturated carbocycles. The third kappa shape index (κ3) is 5.94. The predicted octanol–water partition coefficient (Wildman–Crippen LogP) is -1.49. The number of likely N-dealkylation sites (N-methyl/N-ethyl adjacent to an activating group) is 1. The van der Waals surface area contributed by atoms with Gasteiger partial charge in [0.1, 0.15) is 0 Å². The van der Waals surface area contributed by atoms with Gasteiger partial charge in [0.05, 0.1) is 19.3 Å². The van der Waals surface area contributed by atoms with E-state index >= 15 is 0 Å². The summed E-state index contributed by atoms with van der Waals surface area (Å²) in [5.41, 5.74) is 0. The van der Waals surface area contributed by atoms with Crippen molar-refractivity contribution in [1.82, 2.24) is 24.6 Å². The van der Waals surface area contributed by atoms with Gasteiger partial charge in [-0.2, -0.15) is 19.3 Å². The Morgan fingerprint density at radius 2 is 1.48 bits per heavy atom. The molecule has 0 aliphatic heterocycles. The zero-order valence-corrected chi connectivity index (χ0v) is 15.0. The number of aromatic nitrogens is 3. The number of sulfonamides is 1. The molecular weight excluding hydrogens is 322 g/mol. The second-order valence-electron chi connectivity index (χ2n) is 5.44. The first-order chi connectivity index (χ1) is 10.5. The second kappa shape index (κ2) is 7.51. The standard InChI is InChI=1S/C12H23N7O3S/c1-17(2)11-14-9(15-12(16-11)18(3)4)7-13-10(20)8-19(5)23(6,21)22/h7-8H2,1-6H3,(H,13,20). The van der Waals surface area contributed by atoms with Gasteiger partial charge in [-0.15, -0.1) is 0 Å². The van der Waals surface area contributed by atoms with Crippen LogP contribution in [0.15, 0.2) is 0 Å². The molecule has 0 spiro atoms. The van der Waals surface area contributed by atoms with Gasteiger partial charge < -0.3 is 15.1 Å². The Kier molecular flexibility index (Phi) is 6.21. The number of amides is 1. The summed E-state index contributed by atoms with van der Waals surface area (Å²) in [5, 5.41) is 2.60. The lowest BCUT2D eigenvalue weighted by molar-refractivity contribution is -0.121. The maximum atomic E-state index is 11.8. The van der Waals surface area contributed by atoms with Gasteiger partial charge in [0.15, 0.2) is 5.82 Å². The third-order valence-electron chi connectivity index (χ3n) is 2.83. The maximum Gasteiger partial charge on any atom is 0.235 e. The molecule has 1 N–H and O–H groups in total. The number of anilines is 2. The summed E-state index contributed by atoms with van der Waals surface area (Å²) in [6.45, 7) is -0.175. The van der Waals surface area contributed by atoms with Crippen molar-refractivity contribution in [3.05, 3.63) is 5.82 Å². The highest BCUT2D eigenvalue weighted by molar-refractivity contribution is 7.88. The predicted molar refractivity (Wildman–Crippen MR) is 87.8 cm³/mol. The highest BCUT2D eigenvalue weighted by atomic mass is 32.2. The van der Waals surface area contributed by atoms with Crippen molar-refractivity contribution in [2.75, 3.05) is 57.8 Å². The molecule has 0 fully saturated rings. The van der Waals surface area contributed by atoms with Crippen molar-refractivity contribution < 1.29 is 13.2 Å². The number of hydrogen-bond acceptors (Lipinski definition) is 8. The van der Waals surface area contributed by atoms with Gasteiger partial charge in [-0.1, -0.05) is 0 Å². The molecule has 0 radical (unpaired) electrons. The van der Waals surface area contributed by atoms with Gasteiger partial charge >= 0.3 is 0 Å². The van der Waals surface area contributed by atoms with E-state index in [0.29, 0.717) is 17.7 Å². The van der Waals surface area contributed by atoms with Crippen LogP contribution in [-0.2, 0) is 21.4 Å². The van der Waals surface area contributed by atoms with E-state index < -0.39 is 15.9 Å². The van der Waals surface area contributed by atoms with Crippen LogP contribution in [0.2, 0.25) is 0 Å². The Morgan fingerprint density at radius 1 is 1.00 bits per heavy atom. The summed E-state index contributed by atoms with van der Waals surface area (Å²) in [6.07, 6.45) is 1.04. The van der Waals surface area contributed by atoms with Crippen molar-refractivity contribution in [2.24, 2.45) is 0 Å². The topological polar surface area (TPSA) is 112 Å². The van der Waals surface area contributed by atoms with E-state index in [9.17, 15) is 13.2 Å². The average molecular weight is 345 g/mol. The lowest BCUT2D eigenvalue weighted by atomic mass is 10.5. The number of rotatable bonds is 7. The minimum atomic E-state index is -3.40. The average Bonchev–Trinajstić information content (AvgIpc) is 2.43. The highest BCUT2D eigenvalue weighted by Crippen LogP contribution is 2.10. The molecule has 23 heavy (non-hydrogen) atoms. The summed E-state index contributed by atoms with van der Waals surface area (Å²) in [5.74, 6) is 0.904. The summed E-state index contributed by atoms with van der Waals surface area (Å²) in [7, 11) is 5.16. The number of nitrogens with zero attached hydrogens (tertiary/aromatic N) is 6. The smallest absolute Gasteiger partial charge is 0.235 e. The van der Waals surface area contributed by atoms with Crippen LogP contribution in [0.25, 0.3) is 0 Å². The molecule has 0 saturated heterocycles. The van der Waals surface area contributed by atoms with Crippen molar-refractivity contribution in [2.45, 2.75) is 6.54 Å². The van der Waals surface area contributed by atoms with Crippen LogP contribution in [0.1, 0.15) is 5.82 Å². The van der Waals surface area contributed by atoms with E-state index in [0.717, 1.165) is 10.6 Å². The van der Waals surface area contributed by atoms with E-state index in [1.54, 1.807) is 38.0 Å². The number of nitrogens with one attached hydrogen (secondary N) is 1. The maximum absolute atomic E-state index is 11.8. The molecule has 1 heterocycles. The van der Waals surface area contributed by atoms with Gasteiger partial charge in [-0.25, -0.2) is 8.42 Å². The summed E-state index contributed by atoms with van der Waals surface area (Å²) < 4.78 is 23.5. The minimum absolute atomic E-state index is 0.0840. The Hall–Kier alpha value is -2.01. The van der Waals surface area contributed by atoms with Crippen molar-refractivity contribution in [3.63, 3.8) is 0 Å². The molecule has 1 aromatic heterocycles. The van der Waals surface area contributed by atoms with Gasteiger partial charge in [-0.05, 0) is 0 Å². The van der Waals surface area contributed by atoms with Crippen LogP contribution in [0.4, 0.5) is 11.9 Å². The molecule has 0 aromatic carbocycles. The molecule has 1 amide bonds. The Bertz CT molecular complexity index is 634. The Morgan fingerprint density at radius 3 is 1.87 bits per heavy atom. The van der Waals surface area contributed by atoms with Crippen LogP contribution < -0.4 is 15.1 Å². The highest BCUT2D eigenvalue weighted by Gasteiger charge is 2.16. The lowest BCUT2D eigenvalue weighted by Crippen LogP contribution is -2.37. The van der Waals surface area contributed by atoms with Gasteiger partial charge in [0.25, 0.3) is 0 Å². The van der Waals surface area contributed by atoms with Crippen molar-refractivity contribution in [1.29, 1.82) is 0 Å². The van der Waals surface area contributed by atoms with Gasteiger partial charge in [0, 0.05) is 35.2 Å². The monoisotopic (exact) mass is 345 g/mol. The SMILES string of the molecule is CN(C)c1nc(CNC(=O)CN(C)S(C)(=O)=O)nc(N(C)C)n1. The number of hydrogen-bond donors (Lipinski definition) is 1.